The van der Waals surface area contributed by atoms with Crippen LogP contribution < -0.4 is 0 Å². The molecule has 1 aliphatic rings. The second kappa shape index (κ2) is 5.60. The molecule has 144 valence electrons. The van der Waals surface area contributed by atoms with Gasteiger partial charge in [-0.2, -0.15) is 26.3 Å². The lowest BCUT2D eigenvalue weighted by molar-refractivity contribution is -0.138. The third-order valence-corrected chi connectivity index (χ3v) is 4.35. The van der Waals surface area contributed by atoms with Gasteiger partial charge in [0, 0.05) is 10.9 Å². The summed E-state index contributed by atoms with van der Waals surface area (Å²) in [6, 6.07) is 4.95. The largest absolute Gasteiger partial charge is 0.505 e. The van der Waals surface area contributed by atoms with Gasteiger partial charge in [0.2, 0.25) is 5.78 Å². The smallest absolute Gasteiger partial charge is 0.416 e. The predicted octanol–water partition coefficient (Wildman–Crippen LogP) is 5.23. The lowest BCUT2D eigenvalue weighted by Gasteiger charge is -2.06. The van der Waals surface area contributed by atoms with Crippen LogP contribution in [0.3, 0.4) is 0 Å². The van der Waals surface area contributed by atoms with Crippen molar-refractivity contribution in [1.29, 1.82) is 0 Å². The fourth-order valence-electron chi connectivity index (χ4n) is 2.99. The van der Waals surface area contributed by atoms with Crippen molar-refractivity contribution in [2.24, 2.45) is 4.99 Å². The van der Waals surface area contributed by atoms with Crippen molar-refractivity contribution in [3.8, 4) is 5.75 Å². The number of fused-ring (bicyclic) bond motifs is 2. The van der Waals surface area contributed by atoms with Gasteiger partial charge >= 0.3 is 12.4 Å². The van der Waals surface area contributed by atoms with Crippen LogP contribution in [0.1, 0.15) is 27.2 Å². The zero-order chi connectivity index (χ0) is 20.4. The molecule has 3 aromatic rings. The number of carbonyl (C=O) groups excluding carboxylic acids is 1. The maximum absolute atomic E-state index is 12.9. The lowest BCUT2D eigenvalue weighted by atomic mass is 10.0. The van der Waals surface area contributed by atoms with Crippen LogP contribution >= 0.6 is 0 Å². The first-order valence-electron chi connectivity index (χ1n) is 7.73. The van der Waals surface area contributed by atoms with Gasteiger partial charge in [-0.15, -0.1) is 0 Å². The first kappa shape index (κ1) is 18.1. The number of carbonyl (C=O) groups is 1. The molecule has 0 atom stereocenters. The lowest BCUT2D eigenvalue weighted by Crippen LogP contribution is -2.12. The Balaban J connectivity index is 1.83. The van der Waals surface area contributed by atoms with Crippen LogP contribution in [0.5, 0.6) is 5.75 Å². The quantitative estimate of drug-likeness (QED) is 0.552. The Hall–Kier alpha value is -3.30. The van der Waals surface area contributed by atoms with Gasteiger partial charge in [0.1, 0.15) is 11.4 Å². The van der Waals surface area contributed by atoms with Gasteiger partial charge < -0.3 is 10.1 Å². The van der Waals surface area contributed by atoms with E-state index in [1.807, 2.05) is 0 Å². The zero-order valence-corrected chi connectivity index (χ0v) is 13.5. The summed E-state index contributed by atoms with van der Waals surface area (Å²) in [5, 5.41) is 10.3. The number of benzene rings is 2. The molecule has 2 N–H and O–H groups in total. The van der Waals surface area contributed by atoms with Crippen molar-refractivity contribution >= 4 is 28.1 Å². The highest BCUT2D eigenvalue weighted by atomic mass is 19.4. The first-order chi connectivity index (χ1) is 13.0. The van der Waals surface area contributed by atoms with Crippen molar-refractivity contribution in [1.82, 2.24) is 4.98 Å². The van der Waals surface area contributed by atoms with Gasteiger partial charge in [0.25, 0.3) is 0 Å². The number of aliphatic imine (C=N–C) groups is 1. The van der Waals surface area contributed by atoms with E-state index >= 15 is 0 Å². The highest BCUT2D eigenvalue weighted by molar-refractivity contribution is 6.55. The van der Waals surface area contributed by atoms with Crippen LogP contribution in [-0.4, -0.2) is 21.6 Å². The molecule has 2 aromatic carbocycles. The van der Waals surface area contributed by atoms with Crippen molar-refractivity contribution in [3.63, 3.8) is 0 Å². The Morgan fingerprint density at radius 2 is 1.50 bits per heavy atom. The molecular weight excluding hydrogens is 390 g/mol. The summed E-state index contributed by atoms with van der Waals surface area (Å²) in [5.41, 5.74) is -3.03. The number of hydrogen-bond acceptors (Lipinski definition) is 3. The summed E-state index contributed by atoms with van der Waals surface area (Å²) in [4.78, 5) is 18.9. The molecule has 0 saturated carbocycles. The zero-order valence-electron chi connectivity index (χ0n) is 13.5. The van der Waals surface area contributed by atoms with E-state index < -0.39 is 35.0 Å². The summed E-state index contributed by atoms with van der Waals surface area (Å²) in [6.45, 7) is 0. The molecule has 2 heterocycles. The second-order valence-electron chi connectivity index (χ2n) is 6.13. The second-order valence-corrected chi connectivity index (χ2v) is 6.13. The van der Waals surface area contributed by atoms with Gasteiger partial charge in [0.05, 0.1) is 22.3 Å². The van der Waals surface area contributed by atoms with E-state index in [2.05, 4.69) is 9.98 Å². The molecule has 0 radical (unpaired) electrons. The van der Waals surface area contributed by atoms with Crippen LogP contribution in [0.4, 0.5) is 32.0 Å². The molecule has 0 amide bonds. The summed E-state index contributed by atoms with van der Waals surface area (Å²) in [6.07, 6.45) is -9.24. The Labute approximate surface area is 152 Å². The van der Waals surface area contributed by atoms with E-state index in [9.17, 15) is 36.2 Å². The maximum atomic E-state index is 12.9. The SMILES string of the molecule is O=C1C(c2[nH]c3cc(C(F)(F)F)ccc3c2O)=Nc2cc(C(F)(F)F)ccc21. The van der Waals surface area contributed by atoms with Gasteiger partial charge in [0.15, 0.2) is 5.75 Å². The van der Waals surface area contributed by atoms with E-state index in [1.54, 1.807) is 0 Å². The number of aromatic nitrogens is 1. The van der Waals surface area contributed by atoms with Gasteiger partial charge in [-0.1, -0.05) is 0 Å². The fourth-order valence-corrected chi connectivity index (χ4v) is 2.99. The van der Waals surface area contributed by atoms with Crippen molar-refractivity contribution < 1.29 is 36.2 Å². The van der Waals surface area contributed by atoms with Crippen LogP contribution in [0.15, 0.2) is 41.4 Å². The number of aromatic amines is 1. The number of Topliss-reactive ketones (excluding diaryl/α,β-unsaturated/α-hetero) is 1. The number of ketones is 1. The molecule has 4 nitrogen and oxygen atoms in total. The molecule has 0 unspecified atom stereocenters. The minimum absolute atomic E-state index is 0.0189. The monoisotopic (exact) mass is 398 g/mol. The molecule has 10 heteroatoms. The third-order valence-electron chi connectivity index (χ3n) is 4.35. The highest BCUT2D eigenvalue weighted by Gasteiger charge is 2.35. The summed E-state index contributed by atoms with van der Waals surface area (Å²) >= 11 is 0. The van der Waals surface area contributed by atoms with Crippen LogP contribution in [-0.2, 0) is 12.4 Å². The summed E-state index contributed by atoms with van der Waals surface area (Å²) in [7, 11) is 0. The maximum Gasteiger partial charge on any atom is 0.416 e. The molecule has 0 aliphatic carbocycles. The number of halogens is 6. The molecule has 0 saturated heterocycles. The van der Waals surface area contributed by atoms with Crippen molar-refractivity contribution in [2.75, 3.05) is 0 Å². The average molecular weight is 398 g/mol. The molecule has 1 aliphatic heterocycles. The van der Waals surface area contributed by atoms with Crippen LogP contribution in [0.2, 0.25) is 0 Å². The Morgan fingerprint density at radius 3 is 2.14 bits per heavy atom. The van der Waals surface area contributed by atoms with E-state index in [0.29, 0.717) is 6.07 Å². The minimum Gasteiger partial charge on any atom is -0.505 e. The van der Waals surface area contributed by atoms with Crippen molar-refractivity contribution in [3.05, 3.63) is 58.8 Å². The average Bonchev–Trinajstić information content (AvgIpc) is 3.10. The van der Waals surface area contributed by atoms with E-state index in [1.165, 1.54) is 0 Å². The standard InChI is InChI=1S/C18H8F6N2O2/c19-17(20,21)7-1-3-9-11(5-7)25-13(15(9)27)14-16(28)10-4-2-8(18(22,23)24)6-12(10)26-14/h1-6,25,27H. The number of H-pyrrole nitrogens is 1. The van der Waals surface area contributed by atoms with E-state index in [4.69, 9.17) is 0 Å². The molecule has 1 aromatic heterocycles. The van der Waals surface area contributed by atoms with Gasteiger partial charge in [-0.25, -0.2) is 4.99 Å². The first-order valence-corrected chi connectivity index (χ1v) is 7.73. The molecule has 28 heavy (non-hydrogen) atoms. The van der Waals surface area contributed by atoms with Gasteiger partial charge in [-0.05, 0) is 36.4 Å². The minimum atomic E-state index is -4.63. The Bertz CT molecular complexity index is 1170. The molecule has 0 spiro atoms. The number of hydrogen-bond donors (Lipinski definition) is 2. The number of rotatable bonds is 1. The van der Waals surface area contributed by atoms with Crippen LogP contribution in [0, 0.1) is 0 Å². The number of aromatic hydroxyl groups is 1. The predicted molar refractivity (Wildman–Crippen MR) is 86.9 cm³/mol. The normalized spacial score (nSPS) is 14.5. The number of alkyl halides is 6. The molecule has 4 rings (SSSR count). The molecular formula is C18H8F6N2O2. The van der Waals surface area contributed by atoms with Crippen molar-refractivity contribution in [2.45, 2.75) is 12.4 Å². The Kier molecular flexibility index (Phi) is 3.62. The summed E-state index contributed by atoms with van der Waals surface area (Å²) < 4.78 is 77.1. The third kappa shape index (κ3) is 2.72. The van der Waals surface area contributed by atoms with E-state index in [-0.39, 0.29) is 33.6 Å². The summed E-state index contributed by atoms with van der Waals surface area (Å²) in [5.74, 6) is -1.26. The number of nitrogens with zero attached hydrogens (tertiary/aromatic N) is 1. The number of nitrogens with one attached hydrogen (secondary N) is 1. The van der Waals surface area contributed by atoms with Crippen LogP contribution in [0.25, 0.3) is 10.9 Å². The molecule has 0 bridgehead atoms. The Morgan fingerprint density at radius 1 is 0.893 bits per heavy atom. The molecule has 0 fully saturated rings. The topological polar surface area (TPSA) is 65.5 Å². The van der Waals surface area contributed by atoms with Gasteiger partial charge in [-0.3, -0.25) is 4.79 Å². The highest BCUT2D eigenvalue weighted by Crippen LogP contribution is 2.39. The van der Waals surface area contributed by atoms with E-state index in [0.717, 1.165) is 30.3 Å². The fraction of sp³-hybridized carbons (Fsp3) is 0.111.